The molecule has 1 heterocycles. The van der Waals surface area contributed by atoms with Crippen LogP contribution in [0, 0.1) is 0 Å². The molecule has 0 amide bonds. The number of hydrogen-bond donors (Lipinski definition) is 3. The number of nitrogens with one attached hydrogen (secondary N) is 1. The van der Waals surface area contributed by atoms with Crippen LogP contribution in [0.15, 0.2) is 18.2 Å². The molecule has 1 aliphatic carbocycles. The first-order chi connectivity index (χ1) is 11.1. The second kappa shape index (κ2) is 5.06. The van der Waals surface area contributed by atoms with Crippen molar-refractivity contribution in [3.05, 3.63) is 34.9 Å². The Morgan fingerprint density at radius 3 is 2.57 bits per heavy atom. The maximum atomic E-state index is 10.4. The molecule has 0 radical (unpaired) electrons. The van der Waals surface area contributed by atoms with Crippen LogP contribution in [-0.2, 0) is 12.8 Å². The molecule has 2 aromatic rings. The van der Waals surface area contributed by atoms with Gasteiger partial charge in [-0.15, -0.1) is 0 Å². The van der Waals surface area contributed by atoms with Crippen molar-refractivity contribution in [2.24, 2.45) is 0 Å². The largest absolute Gasteiger partial charge is 0.504 e. The standard InChI is InChI=1S/C18H19NO4/c1-22-15-8-11-10(7-13(15)20)5-12-16-9(3-4-19-12)6-14(21)18(23-2)17(11)16/h6-8,12,19-21H,3-5H2,1-2H3/t12-/m0/s1. The summed E-state index contributed by atoms with van der Waals surface area (Å²) in [7, 11) is 3.10. The third kappa shape index (κ3) is 1.96. The Bertz CT molecular complexity index is 800. The molecule has 4 rings (SSSR count). The minimum absolute atomic E-state index is 0.129. The van der Waals surface area contributed by atoms with Crippen molar-refractivity contribution < 1.29 is 19.7 Å². The van der Waals surface area contributed by atoms with Gasteiger partial charge in [-0.1, -0.05) is 0 Å². The molecule has 0 spiro atoms. The Labute approximate surface area is 134 Å². The maximum Gasteiger partial charge on any atom is 0.168 e. The topological polar surface area (TPSA) is 71.0 Å². The zero-order valence-electron chi connectivity index (χ0n) is 13.1. The maximum absolute atomic E-state index is 10.4. The number of phenols is 2. The molecule has 2 aliphatic rings. The molecule has 0 bridgehead atoms. The summed E-state index contributed by atoms with van der Waals surface area (Å²) in [5, 5.41) is 24.0. The fourth-order valence-electron chi connectivity index (χ4n) is 3.85. The van der Waals surface area contributed by atoms with Crippen molar-refractivity contribution in [1.82, 2.24) is 5.32 Å². The third-order valence-corrected chi connectivity index (χ3v) is 4.82. The molecule has 0 saturated carbocycles. The summed E-state index contributed by atoms with van der Waals surface area (Å²) in [4.78, 5) is 0. The lowest BCUT2D eigenvalue weighted by molar-refractivity contribution is 0.368. The van der Waals surface area contributed by atoms with Gasteiger partial charge in [-0.2, -0.15) is 0 Å². The van der Waals surface area contributed by atoms with Gasteiger partial charge < -0.3 is 25.0 Å². The molecule has 5 nitrogen and oxygen atoms in total. The van der Waals surface area contributed by atoms with E-state index in [2.05, 4.69) is 5.32 Å². The monoisotopic (exact) mass is 313 g/mol. The van der Waals surface area contributed by atoms with E-state index in [-0.39, 0.29) is 17.5 Å². The third-order valence-electron chi connectivity index (χ3n) is 4.82. The normalized spacial score (nSPS) is 18.1. The van der Waals surface area contributed by atoms with E-state index in [9.17, 15) is 10.2 Å². The lowest BCUT2D eigenvalue weighted by Gasteiger charge is -2.35. The molecule has 3 N–H and O–H groups in total. The van der Waals surface area contributed by atoms with Crippen molar-refractivity contribution in [3.63, 3.8) is 0 Å². The molecule has 120 valence electrons. The van der Waals surface area contributed by atoms with Crippen molar-refractivity contribution in [3.8, 4) is 34.1 Å². The van der Waals surface area contributed by atoms with Gasteiger partial charge in [0.2, 0.25) is 0 Å². The highest BCUT2D eigenvalue weighted by Gasteiger charge is 2.34. The molecule has 0 fully saturated rings. The van der Waals surface area contributed by atoms with Crippen molar-refractivity contribution in [2.45, 2.75) is 18.9 Å². The Morgan fingerprint density at radius 2 is 1.83 bits per heavy atom. The summed E-state index contributed by atoms with van der Waals surface area (Å²) >= 11 is 0. The van der Waals surface area contributed by atoms with Crippen molar-refractivity contribution in [1.29, 1.82) is 0 Å². The SMILES string of the molecule is COc1cc2c(cc1O)C[C@@H]1NCCc3cc(O)c(OC)c-2c31. The molecule has 0 unspecified atom stereocenters. The van der Waals surface area contributed by atoms with Crippen LogP contribution in [0.2, 0.25) is 0 Å². The fourth-order valence-corrected chi connectivity index (χ4v) is 3.85. The molecular formula is C18H19NO4. The highest BCUT2D eigenvalue weighted by Crippen LogP contribution is 2.52. The number of fused-ring (bicyclic) bond motifs is 2. The molecule has 1 atom stereocenters. The predicted molar refractivity (Wildman–Crippen MR) is 86.5 cm³/mol. The van der Waals surface area contributed by atoms with Gasteiger partial charge >= 0.3 is 0 Å². The Morgan fingerprint density at radius 1 is 1.04 bits per heavy atom. The average Bonchev–Trinajstić information content (AvgIpc) is 2.54. The van der Waals surface area contributed by atoms with Crippen LogP contribution in [0.25, 0.3) is 11.1 Å². The second-order valence-electron chi connectivity index (χ2n) is 6.02. The Hall–Kier alpha value is -2.40. The number of hydrogen-bond acceptors (Lipinski definition) is 5. The lowest BCUT2D eigenvalue weighted by atomic mass is 9.77. The fraction of sp³-hybridized carbons (Fsp3) is 0.333. The van der Waals surface area contributed by atoms with Gasteiger partial charge in [0.1, 0.15) is 0 Å². The molecular weight excluding hydrogens is 294 g/mol. The molecule has 23 heavy (non-hydrogen) atoms. The Kier molecular flexibility index (Phi) is 3.13. The predicted octanol–water partition coefficient (Wildman–Crippen LogP) is 2.52. The number of methoxy groups -OCH3 is 2. The number of phenolic OH excluding ortho intramolecular Hbond substituents is 2. The number of ether oxygens (including phenoxy) is 2. The number of benzene rings is 2. The van der Waals surface area contributed by atoms with E-state index in [1.165, 1.54) is 12.7 Å². The van der Waals surface area contributed by atoms with Crippen molar-refractivity contribution in [2.75, 3.05) is 20.8 Å². The minimum atomic E-state index is 0.129. The van der Waals surface area contributed by atoms with E-state index in [0.29, 0.717) is 11.5 Å². The summed E-state index contributed by atoms with van der Waals surface area (Å²) in [6.45, 7) is 0.875. The number of rotatable bonds is 2. The van der Waals surface area contributed by atoms with E-state index in [1.54, 1.807) is 13.2 Å². The highest BCUT2D eigenvalue weighted by atomic mass is 16.5. The van der Waals surface area contributed by atoms with Gasteiger partial charge in [0.25, 0.3) is 0 Å². The quantitative estimate of drug-likeness (QED) is 0.795. The number of aromatic hydroxyl groups is 2. The molecule has 5 heteroatoms. The van der Waals surface area contributed by atoms with Crippen molar-refractivity contribution >= 4 is 0 Å². The smallest absolute Gasteiger partial charge is 0.168 e. The van der Waals surface area contributed by atoms with Gasteiger partial charge in [0.15, 0.2) is 23.0 Å². The summed E-state index contributed by atoms with van der Waals surface area (Å²) < 4.78 is 10.8. The van der Waals surface area contributed by atoms with Crippen LogP contribution in [0.1, 0.15) is 22.7 Å². The van der Waals surface area contributed by atoms with E-state index < -0.39 is 0 Å². The van der Waals surface area contributed by atoms with E-state index in [4.69, 9.17) is 9.47 Å². The first-order valence-electron chi connectivity index (χ1n) is 7.70. The van der Waals surface area contributed by atoms with Crippen LogP contribution in [0.5, 0.6) is 23.0 Å². The van der Waals surface area contributed by atoms with Gasteiger partial charge in [-0.3, -0.25) is 0 Å². The van der Waals surface area contributed by atoms with Gasteiger partial charge in [-0.25, -0.2) is 0 Å². The molecule has 1 aliphatic heterocycles. The van der Waals surface area contributed by atoms with Crippen LogP contribution in [-0.4, -0.2) is 31.0 Å². The molecule has 2 aromatic carbocycles. The average molecular weight is 313 g/mol. The summed E-state index contributed by atoms with van der Waals surface area (Å²) in [6.07, 6.45) is 1.67. The van der Waals surface area contributed by atoms with Gasteiger partial charge in [0.05, 0.1) is 14.2 Å². The Balaban J connectivity index is 2.07. The zero-order chi connectivity index (χ0) is 16.1. The van der Waals surface area contributed by atoms with E-state index >= 15 is 0 Å². The summed E-state index contributed by atoms with van der Waals surface area (Å²) in [5.41, 5.74) is 5.21. The zero-order valence-corrected chi connectivity index (χ0v) is 13.1. The van der Waals surface area contributed by atoms with Crippen LogP contribution in [0.4, 0.5) is 0 Å². The van der Waals surface area contributed by atoms with Crippen LogP contribution in [0.3, 0.4) is 0 Å². The van der Waals surface area contributed by atoms with E-state index in [1.807, 2.05) is 12.1 Å². The highest BCUT2D eigenvalue weighted by molar-refractivity contribution is 5.84. The molecule has 0 aromatic heterocycles. The summed E-state index contributed by atoms with van der Waals surface area (Å²) in [6, 6.07) is 5.56. The summed E-state index contributed by atoms with van der Waals surface area (Å²) in [5.74, 6) is 1.18. The van der Waals surface area contributed by atoms with Crippen LogP contribution < -0.4 is 14.8 Å². The lowest BCUT2D eigenvalue weighted by Crippen LogP contribution is -2.33. The second-order valence-corrected chi connectivity index (χ2v) is 6.02. The van der Waals surface area contributed by atoms with Gasteiger partial charge in [-0.05, 0) is 59.8 Å². The first kappa shape index (κ1) is 14.2. The van der Waals surface area contributed by atoms with Gasteiger partial charge in [0, 0.05) is 11.6 Å². The molecule has 0 saturated heterocycles. The van der Waals surface area contributed by atoms with E-state index in [0.717, 1.165) is 41.6 Å². The first-order valence-corrected chi connectivity index (χ1v) is 7.70. The minimum Gasteiger partial charge on any atom is -0.504 e. The van der Waals surface area contributed by atoms with Crippen LogP contribution >= 0.6 is 0 Å².